The van der Waals surface area contributed by atoms with Crippen molar-refractivity contribution in [3.63, 3.8) is 0 Å². The third kappa shape index (κ3) is 10.3. The zero-order chi connectivity index (χ0) is 49.1. The number of aliphatic carboxylic acids is 1. The predicted molar refractivity (Wildman–Crippen MR) is 252 cm³/mol. The minimum atomic E-state index is -3.81. The average Bonchev–Trinajstić information content (AvgIpc) is 4.23. The van der Waals surface area contributed by atoms with E-state index < -0.39 is 37.6 Å². The number of aromatic nitrogens is 6. The Bertz CT molecular complexity index is 3030. The number of nitrogens with one attached hydrogen (secondary N) is 3. The van der Waals surface area contributed by atoms with Gasteiger partial charge in [-0.25, -0.2) is 50.6 Å². The summed E-state index contributed by atoms with van der Waals surface area (Å²) >= 11 is 0. The Morgan fingerprint density at radius 2 is 1.09 bits per heavy atom. The topological polar surface area (TPSA) is 283 Å². The van der Waals surface area contributed by atoms with Crippen LogP contribution in [0, 0.1) is 37.5 Å². The fraction of sp³-hybridized carbons (Fsp3) is 0.435. The number of hydrogen-bond donors (Lipinski definition) is 5. The van der Waals surface area contributed by atoms with Crippen LogP contribution in [0.1, 0.15) is 63.5 Å². The molecule has 2 saturated carbocycles. The Morgan fingerprint density at radius 3 is 1.51 bits per heavy atom. The number of nitrogen functional groups attached to an aromatic ring is 1. The number of aryl methyl sites for hydroxylation is 2. The number of fused-ring (bicyclic) bond motifs is 2. The van der Waals surface area contributed by atoms with Gasteiger partial charge in [0.1, 0.15) is 11.0 Å². The lowest BCUT2D eigenvalue weighted by atomic mass is 9.93. The second-order valence-electron chi connectivity index (χ2n) is 17.5. The highest BCUT2D eigenvalue weighted by Gasteiger charge is 2.52. The molecular weight excluding hydrogens is 933 g/mol. The Labute approximate surface area is 399 Å². The van der Waals surface area contributed by atoms with Gasteiger partial charge in [-0.3, -0.25) is 20.4 Å². The van der Waals surface area contributed by atoms with Crippen LogP contribution in [0.5, 0.6) is 0 Å². The summed E-state index contributed by atoms with van der Waals surface area (Å²) in [5.74, 6) is 3.67. The van der Waals surface area contributed by atoms with Crippen molar-refractivity contribution in [2.24, 2.45) is 29.5 Å². The van der Waals surface area contributed by atoms with Gasteiger partial charge in [-0.2, -0.15) is 0 Å². The smallest absolute Gasteiger partial charge is 0.306 e. The van der Waals surface area contributed by atoms with Crippen LogP contribution in [0.25, 0.3) is 22.3 Å². The van der Waals surface area contributed by atoms with Crippen molar-refractivity contribution in [1.29, 1.82) is 0 Å². The van der Waals surface area contributed by atoms with E-state index in [4.69, 9.17) is 29.9 Å². The molecule has 1 amide bonds. The maximum absolute atomic E-state index is 13.0. The van der Waals surface area contributed by atoms with Crippen LogP contribution in [-0.2, 0) is 48.6 Å². The van der Waals surface area contributed by atoms with Gasteiger partial charge in [0.15, 0.2) is 34.5 Å². The van der Waals surface area contributed by atoms with E-state index in [2.05, 4.69) is 43.1 Å². The van der Waals surface area contributed by atoms with Crippen LogP contribution in [0.15, 0.2) is 95.2 Å². The number of rotatable bonds is 11. The van der Waals surface area contributed by atoms with Crippen LogP contribution < -0.4 is 22.1 Å². The standard InChI is InChI=1S/C23H27N5O5S.C13H13N5O2S.C10H16O4/c1-3-16-12-23(32-10-11-33-23)13-18(16)22(29)27-26-20-14-24-21-19(25-20)8-9-28(21)34(30,31)17-6-4-15(2)5-7-17;1-9-2-4-10(5-3-9)21(19,20)18-7-6-11-13(18)15-8-12(16-11)17-14;1-2-7-5-10(13-3-4-14-10)6-8(7)9(11)12/h4-9,14,16,18H,3,10-13H2,1-2H3,(H,25,26)(H,27,29);2-8H,14H2,1H3,(H,16,17);7-8H,2-6H2,1H3,(H,11,12). The molecule has 21 nitrogen and oxygen atoms in total. The highest BCUT2D eigenvalue weighted by molar-refractivity contribution is 7.90. The molecule has 4 atom stereocenters. The minimum Gasteiger partial charge on any atom is -0.481 e. The third-order valence-corrected chi connectivity index (χ3v) is 16.4. The number of carbonyl (C=O) groups is 2. The number of nitrogens with two attached hydrogens (primary N) is 1. The first kappa shape index (κ1) is 49.3. The number of hydrogen-bond acceptors (Lipinski definition) is 17. The largest absolute Gasteiger partial charge is 0.481 e. The summed E-state index contributed by atoms with van der Waals surface area (Å²) in [6.07, 6.45) is 9.82. The van der Waals surface area contributed by atoms with Crippen LogP contribution >= 0.6 is 0 Å². The van der Waals surface area contributed by atoms with Crippen molar-refractivity contribution in [3.05, 3.63) is 96.6 Å². The third-order valence-electron chi connectivity index (χ3n) is 13.0. The number of nitrogens with zero attached hydrogens (tertiary/aromatic N) is 6. The SMILES string of the molecule is CCC1CC2(CC1C(=O)NNc1cnc3c(ccn3S(=O)(=O)c3ccc(C)cc3)n1)OCCO2.CCC1CC2(CC1C(=O)O)OCCO2.Cc1ccc(S(=O)(=O)n2ccc3nc(NN)cnc32)cc1. The predicted octanol–water partition coefficient (Wildman–Crippen LogP) is 5.11. The second-order valence-corrected chi connectivity index (χ2v) is 21.1. The number of carbonyl (C=O) groups excluding carboxylic acids is 1. The molecule has 4 fully saturated rings. The first-order valence-electron chi connectivity index (χ1n) is 22.6. The molecule has 368 valence electrons. The summed E-state index contributed by atoms with van der Waals surface area (Å²) in [5.41, 5.74) is 11.2. The molecule has 6 N–H and O–H groups in total. The number of amides is 1. The maximum atomic E-state index is 13.0. The fourth-order valence-electron chi connectivity index (χ4n) is 9.33. The maximum Gasteiger partial charge on any atom is 0.306 e. The summed E-state index contributed by atoms with van der Waals surface area (Å²) in [6.45, 7) is 10.2. The van der Waals surface area contributed by atoms with Gasteiger partial charge in [0.2, 0.25) is 5.91 Å². The molecule has 2 aliphatic carbocycles. The molecule has 10 rings (SSSR count). The van der Waals surface area contributed by atoms with E-state index in [-0.39, 0.29) is 50.7 Å². The lowest BCUT2D eigenvalue weighted by Crippen LogP contribution is -2.37. The van der Waals surface area contributed by atoms with Crippen molar-refractivity contribution in [1.82, 2.24) is 33.3 Å². The van der Waals surface area contributed by atoms with Crippen molar-refractivity contribution < 1.29 is 50.5 Å². The lowest BCUT2D eigenvalue weighted by molar-refractivity contribution is -0.160. The zero-order valence-corrected chi connectivity index (χ0v) is 40.2. The summed E-state index contributed by atoms with van der Waals surface area (Å²) in [4.78, 5) is 41.2. The number of benzene rings is 2. The second kappa shape index (κ2) is 20.1. The van der Waals surface area contributed by atoms with Gasteiger partial charge < -0.3 is 29.5 Å². The fourth-order valence-corrected chi connectivity index (χ4v) is 11.9. The summed E-state index contributed by atoms with van der Waals surface area (Å²) < 4.78 is 76.2. The molecule has 2 aliphatic heterocycles. The number of hydrazine groups is 2. The molecule has 2 saturated heterocycles. The van der Waals surface area contributed by atoms with E-state index >= 15 is 0 Å². The van der Waals surface area contributed by atoms with Crippen LogP contribution in [0.4, 0.5) is 11.6 Å². The molecule has 69 heavy (non-hydrogen) atoms. The first-order chi connectivity index (χ1) is 33.0. The average molecular weight is 989 g/mol. The summed E-state index contributed by atoms with van der Waals surface area (Å²) in [6, 6.07) is 16.4. The first-order valence-corrected chi connectivity index (χ1v) is 25.5. The van der Waals surface area contributed by atoms with E-state index in [9.17, 15) is 26.4 Å². The Hall–Kier alpha value is -6.08. The molecule has 4 aliphatic rings. The molecular formula is C46H56N10O11S2. The monoisotopic (exact) mass is 988 g/mol. The summed E-state index contributed by atoms with van der Waals surface area (Å²) in [7, 11) is -7.50. The lowest BCUT2D eigenvalue weighted by Gasteiger charge is -2.21. The van der Waals surface area contributed by atoms with Crippen molar-refractivity contribution >= 4 is 65.9 Å². The number of carboxylic acids is 1. The molecule has 2 aromatic carbocycles. The van der Waals surface area contributed by atoms with Gasteiger partial charge >= 0.3 is 5.97 Å². The molecule has 2 spiro atoms. The van der Waals surface area contributed by atoms with Gasteiger partial charge in [0.25, 0.3) is 20.0 Å². The van der Waals surface area contributed by atoms with Gasteiger partial charge in [0, 0.05) is 44.0 Å². The Kier molecular flexibility index (Phi) is 14.4. The van der Waals surface area contributed by atoms with E-state index in [0.717, 1.165) is 38.3 Å². The van der Waals surface area contributed by atoms with Gasteiger partial charge in [-0.1, -0.05) is 62.1 Å². The van der Waals surface area contributed by atoms with E-state index in [1.54, 1.807) is 60.7 Å². The highest BCUT2D eigenvalue weighted by atomic mass is 32.2. The molecule has 23 heteroatoms. The van der Waals surface area contributed by atoms with E-state index in [1.165, 1.54) is 24.8 Å². The normalized spacial score (nSPS) is 21.5. The van der Waals surface area contributed by atoms with Gasteiger partial charge in [-0.05, 0) is 62.1 Å². The van der Waals surface area contributed by atoms with E-state index in [1.807, 2.05) is 20.8 Å². The molecule has 0 radical (unpaired) electrons. The van der Waals surface area contributed by atoms with Crippen molar-refractivity contribution in [3.8, 4) is 0 Å². The molecule has 6 aromatic rings. The Balaban J connectivity index is 0.000000155. The Morgan fingerprint density at radius 1 is 0.667 bits per heavy atom. The van der Waals surface area contributed by atoms with Crippen LogP contribution in [-0.4, -0.2) is 99.7 Å². The van der Waals surface area contributed by atoms with Crippen molar-refractivity contribution in [2.75, 3.05) is 37.3 Å². The zero-order valence-electron chi connectivity index (χ0n) is 38.6. The summed E-state index contributed by atoms with van der Waals surface area (Å²) in [5, 5.41) is 9.05. The van der Waals surface area contributed by atoms with Crippen LogP contribution in [0.3, 0.4) is 0 Å². The minimum absolute atomic E-state index is 0.162. The molecule has 0 bridgehead atoms. The van der Waals surface area contributed by atoms with Crippen molar-refractivity contribution in [2.45, 2.75) is 87.6 Å². The number of carboxylic acid groups (broad SMARTS) is 1. The highest BCUT2D eigenvalue weighted by Crippen LogP contribution is 2.47. The number of ether oxygens (including phenoxy) is 4. The number of anilines is 2. The molecule has 6 heterocycles. The molecule has 4 aromatic heterocycles. The molecule has 4 unspecified atom stereocenters. The van der Waals surface area contributed by atoms with E-state index in [0.29, 0.717) is 68.4 Å². The quantitative estimate of drug-likeness (QED) is 0.0832. The van der Waals surface area contributed by atoms with Gasteiger partial charge in [0.05, 0.1) is 54.5 Å². The van der Waals surface area contributed by atoms with Gasteiger partial charge in [-0.15, -0.1) is 0 Å². The van der Waals surface area contributed by atoms with Crippen LogP contribution in [0.2, 0.25) is 0 Å².